The van der Waals surface area contributed by atoms with Crippen molar-refractivity contribution in [3.8, 4) is 0 Å². The van der Waals surface area contributed by atoms with E-state index in [1.54, 1.807) is 0 Å². The van der Waals surface area contributed by atoms with Crippen LogP contribution in [-0.4, -0.2) is 27.2 Å². The SMILES string of the molecule is CC[Te]C(C=O)=C1CCCC1. The fraction of sp³-hybridized carbons (Fsp3) is 0.667. The summed E-state index contributed by atoms with van der Waals surface area (Å²) in [6.45, 7) is 2.18. The predicted molar refractivity (Wildman–Crippen MR) is 47.8 cm³/mol. The van der Waals surface area contributed by atoms with Gasteiger partial charge in [0.05, 0.1) is 0 Å². The molecule has 62 valence electrons. The summed E-state index contributed by atoms with van der Waals surface area (Å²) in [5.74, 6) is 0. The van der Waals surface area contributed by atoms with Crippen molar-refractivity contribution in [1.29, 1.82) is 0 Å². The molecule has 0 unspecified atom stereocenters. The Morgan fingerprint density at radius 1 is 1.55 bits per heavy atom. The van der Waals surface area contributed by atoms with Gasteiger partial charge >= 0.3 is 78.3 Å². The first kappa shape index (κ1) is 9.29. The minimum atomic E-state index is -0.107. The molecule has 1 saturated carbocycles. The Balaban J connectivity index is 2.62. The molecule has 1 aliphatic carbocycles. The summed E-state index contributed by atoms with van der Waals surface area (Å²) in [7, 11) is 0. The minimum absolute atomic E-state index is 0.107. The van der Waals surface area contributed by atoms with Crippen LogP contribution >= 0.6 is 0 Å². The molecule has 0 aliphatic heterocycles. The molecule has 0 N–H and O–H groups in total. The molecule has 0 radical (unpaired) electrons. The summed E-state index contributed by atoms with van der Waals surface area (Å²) in [5.41, 5.74) is 1.49. The third-order valence-electron chi connectivity index (χ3n) is 1.96. The van der Waals surface area contributed by atoms with E-state index >= 15 is 0 Å². The van der Waals surface area contributed by atoms with Crippen molar-refractivity contribution in [1.82, 2.24) is 0 Å². The van der Waals surface area contributed by atoms with Crippen LogP contribution in [0.25, 0.3) is 0 Å². The first-order valence-electron chi connectivity index (χ1n) is 4.18. The average molecular weight is 266 g/mol. The van der Waals surface area contributed by atoms with Crippen LogP contribution in [0.15, 0.2) is 9.19 Å². The fourth-order valence-corrected chi connectivity index (χ4v) is 3.67. The van der Waals surface area contributed by atoms with Crippen molar-refractivity contribution in [2.45, 2.75) is 37.1 Å². The van der Waals surface area contributed by atoms with Crippen molar-refractivity contribution in [2.24, 2.45) is 0 Å². The zero-order valence-corrected chi connectivity index (χ0v) is 9.26. The van der Waals surface area contributed by atoms with E-state index in [1.807, 2.05) is 0 Å². The summed E-state index contributed by atoms with van der Waals surface area (Å²) in [4.78, 5) is 10.7. The fourth-order valence-electron chi connectivity index (χ4n) is 1.42. The molecule has 0 spiro atoms. The number of carbonyl (C=O) groups excluding carboxylic acids is 1. The van der Waals surface area contributed by atoms with Gasteiger partial charge in [-0.05, 0) is 0 Å². The van der Waals surface area contributed by atoms with Gasteiger partial charge < -0.3 is 0 Å². The third-order valence-corrected chi connectivity index (χ3v) is 4.77. The Hall–Kier alpha value is 0.200. The summed E-state index contributed by atoms with van der Waals surface area (Å²) >= 11 is -0.107. The zero-order chi connectivity index (χ0) is 8.10. The molecule has 1 rings (SSSR count). The first-order chi connectivity index (χ1) is 5.38. The van der Waals surface area contributed by atoms with Crippen LogP contribution in [-0.2, 0) is 4.79 Å². The molecule has 0 saturated heterocycles. The van der Waals surface area contributed by atoms with Crippen LogP contribution in [0.5, 0.6) is 0 Å². The van der Waals surface area contributed by atoms with Gasteiger partial charge in [-0.2, -0.15) is 0 Å². The van der Waals surface area contributed by atoms with Gasteiger partial charge in [0.2, 0.25) is 0 Å². The predicted octanol–water partition coefficient (Wildman–Crippen LogP) is 2.16. The van der Waals surface area contributed by atoms with E-state index in [-0.39, 0.29) is 20.9 Å². The average Bonchev–Trinajstić information content (AvgIpc) is 2.52. The Kier molecular flexibility index (Phi) is 4.18. The molecule has 0 atom stereocenters. The molecule has 2 heteroatoms. The summed E-state index contributed by atoms with van der Waals surface area (Å²) in [6.07, 6.45) is 6.15. The molecule has 1 nitrogen and oxygen atoms in total. The molecule has 0 amide bonds. The van der Waals surface area contributed by atoms with Gasteiger partial charge in [-0.1, -0.05) is 0 Å². The molecule has 0 aromatic carbocycles. The quantitative estimate of drug-likeness (QED) is 0.434. The summed E-state index contributed by atoms with van der Waals surface area (Å²) in [6, 6.07) is 0. The monoisotopic (exact) mass is 268 g/mol. The topological polar surface area (TPSA) is 17.1 Å². The van der Waals surface area contributed by atoms with Crippen LogP contribution in [0.3, 0.4) is 0 Å². The molecule has 0 bridgehead atoms. The van der Waals surface area contributed by atoms with Gasteiger partial charge in [0, 0.05) is 0 Å². The second-order valence-corrected chi connectivity index (χ2v) is 6.45. The van der Waals surface area contributed by atoms with E-state index in [0.717, 1.165) is 6.29 Å². The molecule has 1 aliphatic rings. The van der Waals surface area contributed by atoms with Crippen LogP contribution < -0.4 is 0 Å². The second kappa shape index (κ2) is 4.95. The number of hydrogen-bond acceptors (Lipinski definition) is 1. The molecular formula is C9H14OTe. The molecule has 0 aromatic rings. The number of carbonyl (C=O) groups is 1. The second-order valence-electron chi connectivity index (χ2n) is 2.73. The first-order valence-corrected chi connectivity index (χ1v) is 6.99. The van der Waals surface area contributed by atoms with Crippen molar-refractivity contribution in [3.63, 3.8) is 0 Å². The van der Waals surface area contributed by atoms with E-state index in [9.17, 15) is 4.79 Å². The number of aldehydes is 1. The Bertz CT molecular complexity index is 164. The number of rotatable bonds is 3. The van der Waals surface area contributed by atoms with Gasteiger partial charge in [-0.25, -0.2) is 0 Å². The van der Waals surface area contributed by atoms with Crippen molar-refractivity contribution in [2.75, 3.05) is 0 Å². The molecule has 0 aromatic heterocycles. The normalized spacial score (nSPS) is 17.0. The van der Waals surface area contributed by atoms with E-state index in [0.29, 0.717) is 0 Å². The molecule has 1 fully saturated rings. The van der Waals surface area contributed by atoms with Crippen LogP contribution in [0, 0.1) is 0 Å². The Labute approximate surface area is 78.3 Å². The number of hydrogen-bond donors (Lipinski definition) is 0. The van der Waals surface area contributed by atoms with Crippen LogP contribution in [0.2, 0.25) is 4.47 Å². The zero-order valence-electron chi connectivity index (χ0n) is 6.93. The van der Waals surface area contributed by atoms with E-state index < -0.39 is 0 Å². The third kappa shape index (κ3) is 2.61. The Morgan fingerprint density at radius 3 is 2.64 bits per heavy atom. The van der Waals surface area contributed by atoms with Gasteiger partial charge in [-0.15, -0.1) is 0 Å². The van der Waals surface area contributed by atoms with Gasteiger partial charge in [0.1, 0.15) is 0 Å². The van der Waals surface area contributed by atoms with Crippen molar-refractivity contribution >= 4 is 27.2 Å². The maximum absolute atomic E-state index is 10.7. The van der Waals surface area contributed by atoms with Crippen molar-refractivity contribution < 1.29 is 4.79 Å². The van der Waals surface area contributed by atoms with Crippen molar-refractivity contribution in [3.05, 3.63) is 9.19 Å². The number of allylic oxidation sites excluding steroid dienone is 2. The maximum atomic E-state index is 10.7. The van der Waals surface area contributed by atoms with Gasteiger partial charge in [-0.3, -0.25) is 0 Å². The Morgan fingerprint density at radius 2 is 2.18 bits per heavy atom. The van der Waals surface area contributed by atoms with E-state index in [1.165, 1.54) is 39.3 Å². The van der Waals surface area contributed by atoms with Gasteiger partial charge in [0.15, 0.2) is 0 Å². The molecule has 11 heavy (non-hydrogen) atoms. The molecular weight excluding hydrogens is 252 g/mol. The van der Waals surface area contributed by atoms with Crippen LogP contribution in [0.4, 0.5) is 0 Å². The van der Waals surface area contributed by atoms with Crippen LogP contribution in [0.1, 0.15) is 32.6 Å². The van der Waals surface area contributed by atoms with E-state index in [2.05, 4.69) is 6.92 Å². The summed E-state index contributed by atoms with van der Waals surface area (Å²) in [5, 5.41) is 0. The summed E-state index contributed by atoms with van der Waals surface area (Å²) < 4.78 is 2.44. The standard InChI is InChI=1S/C9H14OTe/c1-2-11-9(7-10)8-5-3-4-6-8/h7H,2-6H2,1H3. The van der Waals surface area contributed by atoms with E-state index in [4.69, 9.17) is 0 Å². The van der Waals surface area contributed by atoms with Gasteiger partial charge in [0.25, 0.3) is 0 Å². The molecule has 0 heterocycles.